The lowest BCUT2D eigenvalue weighted by Crippen LogP contribution is -2.46. The van der Waals surface area contributed by atoms with Crippen molar-refractivity contribution in [3.8, 4) is 28.7 Å². The van der Waals surface area contributed by atoms with Gasteiger partial charge in [0, 0.05) is 23.6 Å². The highest BCUT2D eigenvalue weighted by Crippen LogP contribution is 2.52. The number of allylic oxidation sites excluding steroid dienone is 2. The summed E-state index contributed by atoms with van der Waals surface area (Å²) in [6, 6.07) is 3.26. The summed E-state index contributed by atoms with van der Waals surface area (Å²) in [6.07, 6.45) is 4.90. The minimum Gasteiger partial charge on any atom is -0.507 e. The molecule has 0 unspecified atom stereocenters. The Bertz CT molecular complexity index is 1360. The molecule has 0 aliphatic carbocycles. The van der Waals surface area contributed by atoms with E-state index in [1.807, 2.05) is 39.8 Å². The van der Waals surface area contributed by atoms with E-state index in [-0.39, 0.29) is 35.0 Å². The van der Waals surface area contributed by atoms with Crippen LogP contribution in [-0.2, 0) is 12.8 Å². The molecule has 3 heterocycles. The van der Waals surface area contributed by atoms with Gasteiger partial charge in [-0.1, -0.05) is 11.6 Å². The lowest BCUT2D eigenvalue weighted by molar-refractivity contribution is -0.0413. The van der Waals surface area contributed by atoms with Crippen molar-refractivity contribution in [2.75, 3.05) is 0 Å². The fraction of sp³-hybridized carbons (Fsp3) is 0.433. The molecule has 196 valence electrons. The van der Waals surface area contributed by atoms with E-state index in [1.165, 1.54) is 6.07 Å². The highest BCUT2D eigenvalue weighted by molar-refractivity contribution is 6.05. The van der Waals surface area contributed by atoms with Crippen molar-refractivity contribution in [1.82, 2.24) is 0 Å². The van der Waals surface area contributed by atoms with Gasteiger partial charge in [0.15, 0.2) is 5.78 Å². The number of Topliss-reactive ketones (excluding diaryl/α,β-unsaturated/α-hetero) is 1. The zero-order valence-corrected chi connectivity index (χ0v) is 22.1. The molecule has 0 spiro atoms. The number of carbonyl (C=O) groups is 1. The Balaban J connectivity index is 1.63. The molecule has 7 nitrogen and oxygen atoms in total. The van der Waals surface area contributed by atoms with Crippen LogP contribution in [0.3, 0.4) is 0 Å². The quantitative estimate of drug-likeness (QED) is 0.467. The number of hydrogen-bond donors (Lipinski definition) is 3. The van der Waals surface area contributed by atoms with Gasteiger partial charge in [0.25, 0.3) is 0 Å². The Kier molecular flexibility index (Phi) is 5.83. The summed E-state index contributed by atoms with van der Waals surface area (Å²) < 4.78 is 18.6. The van der Waals surface area contributed by atoms with Crippen LogP contribution in [0.5, 0.6) is 28.7 Å². The smallest absolute Gasteiger partial charge is 0.174 e. The van der Waals surface area contributed by atoms with Crippen molar-refractivity contribution in [2.45, 2.75) is 84.2 Å². The SMILES string of the molecule is CC(C)=CCc1c2c(c(O)c3c1O[C@@H](c1cc4c(cc1O)OC(C)(C)[C@H](O)C4)CC3=O)C=CC(C)(C)O2. The first-order valence-corrected chi connectivity index (χ1v) is 12.6. The van der Waals surface area contributed by atoms with Gasteiger partial charge in [0.05, 0.1) is 18.1 Å². The maximum atomic E-state index is 13.5. The van der Waals surface area contributed by atoms with Crippen LogP contribution in [0.25, 0.3) is 6.08 Å². The first-order valence-electron chi connectivity index (χ1n) is 12.6. The van der Waals surface area contributed by atoms with Crippen LogP contribution in [0.4, 0.5) is 0 Å². The number of aliphatic hydroxyl groups excluding tert-OH is 1. The second-order valence-electron chi connectivity index (χ2n) is 11.5. The maximum Gasteiger partial charge on any atom is 0.174 e. The van der Waals surface area contributed by atoms with E-state index in [4.69, 9.17) is 14.2 Å². The summed E-state index contributed by atoms with van der Waals surface area (Å²) >= 11 is 0. The minimum atomic E-state index is -0.785. The summed E-state index contributed by atoms with van der Waals surface area (Å²) in [7, 11) is 0. The number of phenolic OH excluding ortho intramolecular Hbond substituents is 2. The number of ketones is 1. The average molecular weight is 507 g/mol. The van der Waals surface area contributed by atoms with Crippen molar-refractivity contribution in [3.63, 3.8) is 0 Å². The number of benzene rings is 2. The first kappa shape index (κ1) is 25.2. The second-order valence-corrected chi connectivity index (χ2v) is 11.5. The molecule has 0 fully saturated rings. The molecule has 7 heteroatoms. The van der Waals surface area contributed by atoms with Crippen LogP contribution in [0, 0.1) is 0 Å². The predicted octanol–water partition coefficient (Wildman–Crippen LogP) is 5.57. The van der Waals surface area contributed by atoms with Crippen molar-refractivity contribution in [3.05, 3.63) is 57.7 Å². The molecule has 3 aliphatic rings. The summed E-state index contributed by atoms with van der Waals surface area (Å²) in [5.41, 5.74) is 2.15. The zero-order chi connectivity index (χ0) is 26.9. The van der Waals surface area contributed by atoms with E-state index in [0.717, 1.165) is 11.1 Å². The molecule has 0 aromatic heterocycles. The molecule has 0 amide bonds. The summed E-state index contributed by atoms with van der Waals surface area (Å²) in [6.45, 7) is 11.4. The number of aromatic hydroxyl groups is 2. The van der Waals surface area contributed by atoms with Crippen molar-refractivity contribution < 1.29 is 34.3 Å². The third kappa shape index (κ3) is 4.35. The fourth-order valence-electron chi connectivity index (χ4n) is 5.08. The summed E-state index contributed by atoms with van der Waals surface area (Å²) in [5, 5.41) is 32.6. The Labute approximate surface area is 217 Å². The fourth-order valence-corrected chi connectivity index (χ4v) is 5.08. The molecule has 2 atom stereocenters. The monoisotopic (exact) mass is 506 g/mol. The normalized spacial score (nSPS) is 22.5. The molecule has 2 aromatic carbocycles. The topological polar surface area (TPSA) is 105 Å². The lowest BCUT2D eigenvalue weighted by atomic mass is 9.86. The summed E-state index contributed by atoms with van der Waals surface area (Å²) in [4.78, 5) is 13.5. The number of ether oxygens (including phenoxy) is 3. The Morgan fingerprint density at radius 2 is 1.81 bits per heavy atom. The van der Waals surface area contributed by atoms with Gasteiger partial charge >= 0.3 is 0 Å². The molecule has 0 saturated carbocycles. The molecular weight excluding hydrogens is 472 g/mol. The molecule has 2 aromatic rings. The predicted molar refractivity (Wildman–Crippen MR) is 140 cm³/mol. The minimum absolute atomic E-state index is 0.0551. The third-order valence-corrected chi connectivity index (χ3v) is 7.30. The zero-order valence-electron chi connectivity index (χ0n) is 22.1. The van der Waals surface area contributed by atoms with E-state index in [0.29, 0.717) is 41.0 Å². The Hall–Kier alpha value is -3.45. The number of hydrogen-bond acceptors (Lipinski definition) is 7. The van der Waals surface area contributed by atoms with Crippen LogP contribution in [-0.4, -0.2) is 38.4 Å². The second kappa shape index (κ2) is 8.55. The third-order valence-electron chi connectivity index (χ3n) is 7.30. The van der Waals surface area contributed by atoms with Crippen LogP contribution in [0.15, 0.2) is 29.9 Å². The Morgan fingerprint density at radius 3 is 2.51 bits per heavy atom. The maximum absolute atomic E-state index is 13.5. The largest absolute Gasteiger partial charge is 0.507 e. The van der Waals surface area contributed by atoms with Crippen LogP contribution < -0.4 is 14.2 Å². The lowest BCUT2D eigenvalue weighted by Gasteiger charge is -2.38. The van der Waals surface area contributed by atoms with Crippen molar-refractivity contribution in [2.24, 2.45) is 0 Å². The van der Waals surface area contributed by atoms with Crippen molar-refractivity contribution >= 4 is 11.9 Å². The number of phenols is 2. The molecule has 0 bridgehead atoms. The van der Waals surface area contributed by atoms with E-state index in [9.17, 15) is 20.1 Å². The Morgan fingerprint density at radius 1 is 1.08 bits per heavy atom. The van der Waals surface area contributed by atoms with E-state index in [1.54, 1.807) is 26.0 Å². The van der Waals surface area contributed by atoms with Gasteiger partial charge in [0.1, 0.15) is 51.6 Å². The van der Waals surface area contributed by atoms with Crippen LogP contribution in [0.2, 0.25) is 0 Å². The molecule has 0 radical (unpaired) electrons. The molecule has 0 saturated heterocycles. The van der Waals surface area contributed by atoms with Gasteiger partial charge < -0.3 is 29.5 Å². The van der Waals surface area contributed by atoms with Gasteiger partial charge in [-0.2, -0.15) is 0 Å². The number of carbonyl (C=O) groups excluding carboxylic acids is 1. The van der Waals surface area contributed by atoms with E-state index in [2.05, 4.69) is 0 Å². The van der Waals surface area contributed by atoms with E-state index >= 15 is 0 Å². The molecule has 3 aliphatic heterocycles. The van der Waals surface area contributed by atoms with Gasteiger partial charge in [-0.25, -0.2) is 0 Å². The van der Waals surface area contributed by atoms with E-state index < -0.39 is 23.4 Å². The number of fused-ring (bicyclic) bond motifs is 3. The molecule has 5 rings (SSSR count). The molecular formula is C30H34O7. The highest BCUT2D eigenvalue weighted by atomic mass is 16.5. The van der Waals surface area contributed by atoms with Gasteiger partial charge in [0.2, 0.25) is 0 Å². The first-order chi connectivity index (χ1) is 17.3. The standard InChI is InChI=1S/C30H34O7/c1-15(2)7-8-18-27-17(9-10-29(3,4)37-27)26(34)25-21(32)14-23(35-28(18)25)19-11-16-12-24(33)30(5,6)36-22(16)13-20(19)31/h7,9-11,13,23-24,31,33-34H,8,12,14H2,1-6H3/t23-,24-/m1/s1. The average Bonchev–Trinajstić information content (AvgIpc) is 2.78. The van der Waals surface area contributed by atoms with Crippen molar-refractivity contribution in [1.29, 1.82) is 0 Å². The van der Waals surface area contributed by atoms with Gasteiger partial charge in [-0.15, -0.1) is 0 Å². The number of rotatable bonds is 3. The van der Waals surface area contributed by atoms with Crippen LogP contribution in [0.1, 0.15) is 86.7 Å². The van der Waals surface area contributed by atoms with Crippen LogP contribution >= 0.6 is 0 Å². The summed E-state index contributed by atoms with van der Waals surface area (Å²) in [5.74, 6) is 0.768. The molecule has 37 heavy (non-hydrogen) atoms. The highest BCUT2D eigenvalue weighted by Gasteiger charge is 2.40. The number of aliphatic hydroxyl groups is 1. The van der Waals surface area contributed by atoms with Gasteiger partial charge in [-0.3, -0.25) is 4.79 Å². The van der Waals surface area contributed by atoms with Gasteiger partial charge in [-0.05, 0) is 71.7 Å². The molecule has 3 N–H and O–H groups in total.